The van der Waals surface area contributed by atoms with Crippen molar-refractivity contribution in [2.75, 3.05) is 24.0 Å². The van der Waals surface area contributed by atoms with Crippen molar-refractivity contribution in [3.05, 3.63) is 41.2 Å². The molecule has 0 amide bonds. The highest BCUT2D eigenvalue weighted by atomic mass is 31.2. The van der Waals surface area contributed by atoms with E-state index in [1.54, 1.807) is 6.92 Å². The molecule has 0 unspecified atom stereocenters. The Morgan fingerprint density at radius 3 is 2.04 bits per heavy atom. The number of nitrogens with zero attached hydrogens (tertiary/aromatic N) is 3. The molecule has 24 heavy (non-hydrogen) atoms. The summed E-state index contributed by atoms with van der Waals surface area (Å²) in [7, 11) is -2.27. The molecule has 9 nitrogen and oxygen atoms in total. The van der Waals surface area contributed by atoms with Gasteiger partial charge < -0.3 is 25.7 Å². The molecule has 10 heteroatoms. The first-order valence-electron chi connectivity index (χ1n) is 7.33. The van der Waals surface area contributed by atoms with E-state index < -0.39 is 13.9 Å². The van der Waals surface area contributed by atoms with Gasteiger partial charge in [-0.2, -0.15) is 15.0 Å². The number of hydrogen-bond acceptors (Lipinski definition) is 7. The quantitative estimate of drug-likeness (QED) is 0.442. The highest BCUT2D eigenvalue weighted by Gasteiger charge is 2.13. The Hall–Kier alpha value is -2.06. The molecule has 5 N–H and O–H groups in total. The van der Waals surface area contributed by atoms with Crippen LogP contribution >= 0.6 is 7.60 Å². The lowest BCUT2D eigenvalue weighted by atomic mass is 10.1. The molecule has 0 atom stereocenters. The molecule has 0 radical (unpaired) electrons. The highest BCUT2D eigenvalue weighted by molar-refractivity contribution is 7.51. The summed E-state index contributed by atoms with van der Waals surface area (Å²) in [5, 5.41) is 8.68. The monoisotopic (exact) mass is 352 g/mol. The fourth-order valence-corrected chi connectivity index (χ4v) is 2.32. The standard InChI is InChI=1S/C14H21N6O3P/c1-10-18-13(20-14(19-10)17-9-24(21,22)23)16-8-12-5-3-11(4-6-12)7-15-2/h3-6,15H,7-9H2,1-2H3,(H2,21,22,23)(H2,16,17,18,19,20). The van der Waals surface area contributed by atoms with Crippen molar-refractivity contribution < 1.29 is 14.4 Å². The van der Waals surface area contributed by atoms with Crippen LogP contribution in [-0.4, -0.2) is 38.1 Å². The lowest BCUT2D eigenvalue weighted by Crippen LogP contribution is -2.11. The molecule has 1 heterocycles. The van der Waals surface area contributed by atoms with Crippen LogP contribution in [0.25, 0.3) is 0 Å². The highest BCUT2D eigenvalue weighted by Crippen LogP contribution is 2.33. The summed E-state index contributed by atoms with van der Waals surface area (Å²) < 4.78 is 10.9. The molecule has 2 aromatic rings. The van der Waals surface area contributed by atoms with Gasteiger partial charge in [-0.15, -0.1) is 0 Å². The van der Waals surface area contributed by atoms with Gasteiger partial charge in [-0.25, -0.2) is 0 Å². The van der Waals surface area contributed by atoms with E-state index in [1.165, 1.54) is 5.56 Å². The van der Waals surface area contributed by atoms with Gasteiger partial charge in [0.1, 0.15) is 12.1 Å². The summed E-state index contributed by atoms with van der Waals surface area (Å²) in [6.45, 7) is 3.03. The SMILES string of the molecule is CNCc1ccc(CNc2nc(C)nc(NCP(=O)(O)O)n2)cc1. The van der Waals surface area contributed by atoms with E-state index >= 15 is 0 Å². The number of benzene rings is 1. The number of rotatable bonds is 8. The van der Waals surface area contributed by atoms with E-state index in [0.717, 1.165) is 12.1 Å². The largest absolute Gasteiger partial charge is 0.350 e. The maximum absolute atomic E-state index is 10.9. The zero-order valence-corrected chi connectivity index (χ0v) is 14.4. The molecule has 0 aliphatic rings. The fourth-order valence-electron chi connectivity index (χ4n) is 1.97. The third kappa shape index (κ3) is 6.21. The lowest BCUT2D eigenvalue weighted by molar-refractivity contribution is 0.375. The third-order valence-corrected chi connectivity index (χ3v) is 3.61. The maximum atomic E-state index is 10.9. The topological polar surface area (TPSA) is 132 Å². The number of nitrogens with one attached hydrogen (secondary N) is 3. The normalized spacial score (nSPS) is 11.3. The van der Waals surface area contributed by atoms with E-state index in [0.29, 0.717) is 18.3 Å². The van der Waals surface area contributed by atoms with Gasteiger partial charge in [0, 0.05) is 13.1 Å². The lowest BCUT2D eigenvalue weighted by Gasteiger charge is -2.10. The second kappa shape index (κ2) is 8.16. The van der Waals surface area contributed by atoms with Crippen LogP contribution in [-0.2, 0) is 17.7 Å². The van der Waals surface area contributed by atoms with Gasteiger partial charge in [0.25, 0.3) is 0 Å². The average Bonchev–Trinajstić information content (AvgIpc) is 2.52. The predicted octanol–water partition coefficient (Wildman–Crippen LogP) is 1.06. The molecular formula is C14H21N6O3P. The van der Waals surface area contributed by atoms with Crippen LogP contribution < -0.4 is 16.0 Å². The molecule has 0 aliphatic carbocycles. The average molecular weight is 352 g/mol. The minimum atomic E-state index is -4.17. The van der Waals surface area contributed by atoms with E-state index in [2.05, 4.69) is 30.9 Å². The Morgan fingerprint density at radius 2 is 1.50 bits per heavy atom. The van der Waals surface area contributed by atoms with Crippen molar-refractivity contribution >= 4 is 19.5 Å². The predicted molar refractivity (Wildman–Crippen MR) is 91.6 cm³/mol. The molecule has 1 aromatic heterocycles. The van der Waals surface area contributed by atoms with Crippen molar-refractivity contribution in [3.8, 4) is 0 Å². The summed E-state index contributed by atoms with van der Waals surface area (Å²) in [4.78, 5) is 30.0. The van der Waals surface area contributed by atoms with Gasteiger partial charge in [0.2, 0.25) is 11.9 Å². The van der Waals surface area contributed by atoms with E-state index in [9.17, 15) is 4.57 Å². The Bertz CT molecular complexity index is 719. The smallest absolute Gasteiger partial charge is 0.344 e. The third-order valence-electron chi connectivity index (χ3n) is 3.04. The fraction of sp³-hybridized carbons (Fsp3) is 0.357. The van der Waals surface area contributed by atoms with Gasteiger partial charge >= 0.3 is 7.60 Å². The molecule has 1 aromatic carbocycles. The minimum Gasteiger partial charge on any atom is -0.350 e. The molecule has 0 saturated carbocycles. The molecular weight excluding hydrogens is 331 g/mol. The summed E-state index contributed by atoms with van der Waals surface area (Å²) in [5.41, 5.74) is 2.26. The van der Waals surface area contributed by atoms with E-state index in [1.807, 2.05) is 31.3 Å². The summed E-state index contributed by atoms with van der Waals surface area (Å²) in [6, 6.07) is 8.11. The molecule has 2 rings (SSSR count). The Balaban J connectivity index is 1.98. The maximum Gasteiger partial charge on any atom is 0.344 e. The van der Waals surface area contributed by atoms with Gasteiger partial charge in [-0.1, -0.05) is 24.3 Å². The van der Waals surface area contributed by atoms with Crippen molar-refractivity contribution in [2.45, 2.75) is 20.0 Å². The summed E-state index contributed by atoms with van der Waals surface area (Å²) >= 11 is 0. The van der Waals surface area contributed by atoms with Crippen LogP contribution in [0.3, 0.4) is 0 Å². The van der Waals surface area contributed by atoms with Crippen LogP contribution in [0.4, 0.5) is 11.9 Å². The molecule has 0 fully saturated rings. The minimum absolute atomic E-state index is 0.123. The molecule has 130 valence electrons. The first-order chi connectivity index (χ1) is 11.4. The number of hydrogen-bond donors (Lipinski definition) is 5. The van der Waals surface area contributed by atoms with E-state index in [4.69, 9.17) is 9.79 Å². The van der Waals surface area contributed by atoms with Crippen LogP contribution in [0.15, 0.2) is 24.3 Å². The molecule has 0 bridgehead atoms. The van der Waals surface area contributed by atoms with Crippen LogP contribution in [0.2, 0.25) is 0 Å². The number of anilines is 2. The van der Waals surface area contributed by atoms with Gasteiger partial charge in [-0.05, 0) is 25.1 Å². The number of aryl methyl sites for hydroxylation is 1. The molecule has 0 spiro atoms. The van der Waals surface area contributed by atoms with Crippen LogP contribution in [0.5, 0.6) is 0 Å². The van der Waals surface area contributed by atoms with Crippen LogP contribution in [0, 0.1) is 6.92 Å². The van der Waals surface area contributed by atoms with Crippen LogP contribution in [0.1, 0.15) is 17.0 Å². The Morgan fingerprint density at radius 1 is 0.958 bits per heavy atom. The second-order valence-corrected chi connectivity index (χ2v) is 6.88. The van der Waals surface area contributed by atoms with Gasteiger partial charge in [0.15, 0.2) is 0 Å². The Labute approximate surface area is 140 Å². The van der Waals surface area contributed by atoms with Crippen molar-refractivity contribution in [1.82, 2.24) is 20.3 Å². The first kappa shape index (κ1) is 18.3. The zero-order valence-electron chi connectivity index (χ0n) is 13.5. The van der Waals surface area contributed by atoms with E-state index in [-0.39, 0.29) is 5.95 Å². The second-order valence-electron chi connectivity index (χ2n) is 5.23. The zero-order chi connectivity index (χ0) is 17.6. The number of aromatic nitrogens is 3. The van der Waals surface area contributed by atoms with Crippen molar-refractivity contribution in [1.29, 1.82) is 0 Å². The first-order valence-corrected chi connectivity index (χ1v) is 9.13. The summed E-state index contributed by atoms with van der Waals surface area (Å²) in [6.07, 6.45) is -0.525. The van der Waals surface area contributed by atoms with Gasteiger partial charge in [-0.3, -0.25) is 4.57 Å². The molecule has 0 aliphatic heterocycles. The molecule has 0 saturated heterocycles. The Kier molecular flexibility index (Phi) is 6.22. The van der Waals surface area contributed by atoms with Crippen molar-refractivity contribution in [2.24, 2.45) is 0 Å². The summed E-state index contributed by atoms with van der Waals surface area (Å²) in [5.74, 6) is 0.915. The van der Waals surface area contributed by atoms with Crippen molar-refractivity contribution in [3.63, 3.8) is 0 Å². The van der Waals surface area contributed by atoms with Gasteiger partial charge in [0.05, 0.1) is 0 Å².